The van der Waals surface area contributed by atoms with Crippen LogP contribution in [0.15, 0.2) is 22.7 Å². The van der Waals surface area contributed by atoms with Crippen molar-refractivity contribution in [3.63, 3.8) is 0 Å². The summed E-state index contributed by atoms with van der Waals surface area (Å²) in [4.78, 5) is 13.1. The lowest BCUT2D eigenvalue weighted by Crippen LogP contribution is -2.43. The predicted octanol–water partition coefficient (Wildman–Crippen LogP) is 4.31. The number of thiophene rings is 1. The molecule has 0 atom stereocenters. The van der Waals surface area contributed by atoms with Crippen LogP contribution in [0.2, 0.25) is 0 Å². The van der Waals surface area contributed by atoms with Gasteiger partial charge in [-0.25, -0.2) is 0 Å². The largest absolute Gasteiger partial charge is 0.397 e. The number of fused-ring (bicyclic) bond motifs is 1. The fourth-order valence-corrected chi connectivity index (χ4v) is 4.23. The van der Waals surface area contributed by atoms with Crippen LogP contribution in [0.1, 0.15) is 42.3 Å². The van der Waals surface area contributed by atoms with Crippen molar-refractivity contribution in [2.45, 2.75) is 38.1 Å². The van der Waals surface area contributed by atoms with E-state index in [1.165, 1.54) is 24.2 Å². The van der Waals surface area contributed by atoms with Crippen LogP contribution in [-0.2, 0) is 0 Å². The van der Waals surface area contributed by atoms with Crippen LogP contribution in [0.25, 0.3) is 10.1 Å². The van der Waals surface area contributed by atoms with E-state index in [9.17, 15) is 4.79 Å². The summed E-state index contributed by atoms with van der Waals surface area (Å²) in [7, 11) is 0. The Morgan fingerprint density at radius 2 is 2.10 bits per heavy atom. The molecule has 0 spiro atoms. The summed E-state index contributed by atoms with van der Waals surface area (Å²) < 4.78 is 2.02. The Kier molecular flexibility index (Phi) is 3.50. The normalized spacial score (nSPS) is 17.5. The van der Waals surface area contributed by atoms with E-state index in [0.29, 0.717) is 10.6 Å². The summed E-state index contributed by atoms with van der Waals surface area (Å²) in [6, 6.07) is 5.93. The lowest BCUT2D eigenvalue weighted by molar-refractivity contribution is 0.0913. The van der Waals surface area contributed by atoms with Gasteiger partial charge in [0.25, 0.3) is 5.91 Å². The molecule has 2 aromatic rings. The highest BCUT2D eigenvalue weighted by Gasteiger charge is 2.31. The molecule has 0 bridgehead atoms. The first-order chi connectivity index (χ1) is 9.48. The molecule has 3 rings (SSSR count). The first-order valence-electron chi connectivity index (χ1n) is 6.79. The number of hydrogen-bond donors (Lipinski definition) is 2. The Balaban J connectivity index is 1.93. The molecule has 5 heteroatoms. The SMILES string of the molecule is CC1(NC(=O)c2sc3ccc(Br)cc3c2N)CCCC1. The zero-order valence-electron chi connectivity index (χ0n) is 11.3. The summed E-state index contributed by atoms with van der Waals surface area (Å²) in [6.45, 7) is 2.12. The van der Waals surface area contributed by atoms with E-state index in [0.717, 1.165) is 27.4 Å². The maximum absolute atomic E-state index is 12.5. The average molecular weight is 353 g/mol. The molecule has 1 heterocycles. The highest BCUT2D eigenvalue weighted by atomic mass is 79.9. The highest BCUT2D eigenvalue weighted by Crippen LogP contribution is 2.36. The second kappa shape index (κ2) is 5.04. The number of carbonyl (C=O) groups excluding carboxylic acids is 1. The van der Waals surface area contributed by atoms with Gasteiger partial charge in [0.15, 0.2) is 0 Å². The minimum Gasteiger partial charge on any atom is -0.397 e. The molecule has 0 saturated heterocycles. The number of hydrogen-bond acceptors (Lipinski definition) is 3. The Hall–Kier alpha value is -1.07. The van der Waals surface area contributed by atoms with E-state index in [-0.39, 0.29) is 11.4 Å². The smallest absolute Gasteiger partial charge is 0.263 e. The zero-order valence-corrected chi connectivity index (χ0v) is 13.7. The molecule has 1 fully saturated rings. The third-order valence-corrected chi connectivity index (χ3v) is 5.70. The monoisotopic (exact) mass is 352 g/mol. The van der Waals surface area contributed by atoms with Crippen molar-refractivity contribution in [1.29, 1.82) is 0 Å². The van der Waals surface area contributed by atoms with Crippen LogP contribution in [0.4, 0.5) is 5.69 Å². The molecule has 20 heavy (non-hydrogen) atoms. The molecule has 0 unspecified atom stereocenters. The summed E-state index contributed by atoms with van der Waals surface area (Å²) in [5.41, 5.74) is 6.67. The van der Waals surface area contributed by atoms with Crippen LogP contribution in [-0.4, -0.2) is 11.4 Å². The molecular formula is C15H17BrN2OS. The van der Waals surface area contributed by atoms with Gasteiger partial charge in [0, 0.05) is 20.1 Å². The number of amides is 1. The zero-order chi connectivity index (χ0) is 14.3. The van der Waals surface area contributed by atoms with Crippen molar-refractivity contribution in [3.05, 3.63) is 27.5 Å². The van der Waals surface area contributed by atoms with Crippen molar-refractivity contribution in [1.82, 2.24) is 5.32 Å². The molecule has 0 radical (unpaired) electrons. The van der Waals surface area contributed by atoms with Gasteiger partial charge >= 0.3 is 0 Å². The van der Waals surface area contributed by atoms with Crippen LogP contribution in [0, 0.1) is 0 Å². The molecule has 1 aliphatic rings. The third-order valence-electron chi connectivity index (χ3n) is 4.02. The number of nitrogens with one attached hydrogen (secondary N) is 1. The van der Waals surface area contributed by atoms with Gasteiger partial charge in [0.2, 0.25) is 0 Å². The molecule has 1 aromatic carbocycles. The first-order valence-corrected chi connectivity index (χ1v) is 8.39. The third kappa shape index (κ3) is 2.44. The van der Waals surface area contributed by atoms with Crippen LogP contribution in [0.5, 0.6) is 0 Å². The number of anilines is 1. The Morgan fingerprint density at radius 3 is 2.80 bits per heavy atom. The van der Waals surface area contributed by atoms with E-state index >= 15 is 0 Å². The highest BCUT2D eigenvalue weighted by molar-refractivity contribution is 9.10. The standard InChI is InChI=1S/C15H17BrN2OS/c1-15(6-2-3-7-15)18-14(19)13-12(17)10-8-9(16)4-5-11(10)20-13/h4-5,8H,2-3,6-7,17H2,1H3,(H,18,19). The van der Waals surface area contributed by atoms with Crippen molar-refractivity contribution < 1.29 is 4.79 Å². The number of benzene rings is 1. The van der Waals surface area contributed by atoms with Gasteiger partial charge in [0.05, 0.1) is 5.69 Å². The first kappa shape index (κ1) is 13.9. The minimum absolute atomic E-state index is 0.0378. The maximum Gasteiger partial charge on any atom is 0.263 e. The average Bonchev–Trinajstić information content (AvgIpc) is 2.95. The van der Waals surface area contributed by atoms with E-state index in [4.69, 9.17) is 5.73 Å². The van der Waals surface area contributed by atoms with Crippen molar-refractivity contribution >= 4 is 48.9 Å². The van der Waals surface area contributed by atoms with Crippen LogP contribution >= 0.6 is 27.3 Å². The van der Waals surface area contributed by atoms with Gasteiger partial charge < -0.3 is 11.1 Å². The number of nitrogens with two attached hydrogens (primary N) is 1. The number of rotatable bonds is 2. The van der Waals surface area contributed by atoms with Crippen LogP contribution < -0.4 is 11.1 Å². The molecular weight excluding hydrogens is 336 g/mol. The second-order valence-electron chi connectivity index (χ2n) is 5.71. The van der Waals surface area contributed by atoms with Crippen molar-refractivity contribution in [3.8, 4) is 0 Å². The topological polar surface area (TPSA) is 55.1 Å². The second-order valence-corrected chi connectivity index (χ2v) is 7.68. The Labute approximate surface area is 130 Å². The molecule has 3 N–H and O–H groups in total. The van der Waals surface area contributed by atoms with Gasteiger partial charge in [-0.1, -0.05) is 28.8 Å². The molecule has 0 aliphatic heterocycles. The summed E-state index contributed by atoms with van der Waals surface area (Å²) in [6.07, 6.45) is 4.47. The van der Waals surface area contributed by atoms with E-state index in [2.05, 4.69) is 28.2 Å². The molecule has 1 aromatic heterocycles. The molecule has 3 nitrogen and oxygen atoms in total. The van der Waals surface area contributed by atoms with Gasteiger partial charge in [-0.3, -0.25) is 4.79 Å². The Bertz CT molecular complexity index is 674. The fraction of sp³-hybridized carbons (Fsp3) is 0.400. The lowest BCUT2D eigenvalue weighted by Gasteiger charge is -2.24. The predicted molar refractivity (Wildman–Crippen MR) is 88.3 cm³/mol. The van der Waals surface area contributed by atoms with E-state index < -0.39 is 0 Å². The molecule has 1 saturated carbocycles. The molecule has 106 valence electrons. The lowest BCUT2D eigenvalue weighted by atomic mass is 10.0. The quantitative estimate of drug-likeness (QED) is 0.845. The van der Waals surface area contributed by atoms with Gasteiger partial charge in [-0.2, -0.15) is 0 Å². The van der Waals surface area contributed by atoms with Gasteiger partial charge in [-0.05, 0) is 38.0 Å². The summed E-state index contributed by atoms with van der Waals surface area (Å²) in [5, 5.41) is 4.12. The molecule has 1 aliphatic carbocycles. The van der Waals surface area contributed by atoms with Crippen LogP contribution in [0.3, 0.4) is 0 Å². The van der Waals surface area contributed by atoms with Crippen molar-refractivity contribution in [2.24, 2.45) is 0 Å². The maximum atomic E-state index is 12.5. The number of carbonyl (C=O) groups is 1. The van der Waals surface area contributed by atoms with E-state index in [1.54, 1.807) is 0 Å². The van der Waals surface area contributed by atoms with E-state index in [1.807, 2.05) is 18.2 Å². The number of nitrogen functional groups attached to an aromatic ring is 1. The summed E-state index contributed by atoms with van der Waals surface area (Å²) >= 11 is 4.91. The summed E-state index contributed by atoms with van der Waals surface area (Å²) in [5.74, 6) is -0.0378. The van der Waals surface area contributed by atoms with Gasteiger partial charge in [-0.15, -0.1) is 11.3 Å². The number of halogens is 1. The molecule has 1 amide bonds. The minimum atomic E-state index is -0.0692. The van der Waals surface area contributed by atoms with Crippen molar-refractivity contribution in [2.75, 3.05) is 5.73 Å². The Morgan fingerprint density at radius 1 is 1.40 bits per heavy atom. The van der Waals surface area contributed by atoms with Gasteiger partial charge in [0.1, 0.15) is 4.88 Å². The fourth-order valence-electron chi connectivity index (χ4n) is 2.87.